The highest BCUT2D eigenvalue weighted by atomic mass is 19.4. The fourth-order valence-electron chi connectivity index (χ4n) is 3.00. The van der Waals surface area contributed by atoms with Crippen LogP contribution in [0.4, 0.5) is 19.0 Å². The lowest BCUT2D eigenvalue weighted by atomic mass is 9.84. The summed E-state index contributed by atoms with van der Waals surface area (Å²) in [5.41, 5.74) is -0.728. The standard InChI is InChI=1S/C17H15F3N4O2/c18-17(19,20)26-13-3-1-2-12(10-13)16(25)4-8-24(9-5-16)15-14(11-21)22-6-7-23-15/h1-3,6-7,10,25H,4-5,8-9H2. The number of hydrogen-bond donors (Lipinski definition) is 1. The van der Waals surface area contributed by atoms with Gasteiger partial charge in [-0.15, -0.1) is 13.2 Å². The van der Waals surface area contributed by atoms with Crippen molar-refractivity contribution in [3.8, 4) is 11.8 Å². The molecule has 1 aromatic heterocycles. The van der Waals surface area contributed by atoms with Gasteiger partial charge in [0.1, 0.15) is 11.8 Å². The van der Waals surface area contributed by atoms with Crippen molar-refractivity contribution in [2.45, 2.75) is 24.8 Å². The van der Waals surface area contributed by atoms with E-state index in [0.717, 1.165) is 0 Å². The molecule has 136 valence electrons. The summed E-state index contributed by atoms with van der Waals surface area (Å²) in [6.07, 6.45) is -1.35. The number of nitriles is 1. The van der Waals surface area contributed by atoms with Crippen LogP contribution in [-0.2, 0) is 5.60 Å². The number of alkyl halides is 3. The first kappa shape index (κ1) is 17.9. The van der Waals surface area contributed by atoms with Crippen molar-refractivity contribution in [3.05, 3.63) is 47.9 Å². The van der Waals surface area contributed by atoms with Crippen LogP contribution >= 0.6 is 0 Å². The van der Waals surface area contributed by atoms with Gasteiger partial charge < -0.3 is 14.7 Å². The van der Waals surface area contributed by atoms with Gasteiger partial charge >= 0.3 is 6.36 Å². The van der Waals surface area contributed by atoms with Gasteiger partial charge in [-0.1, -0.05) is 12.1 Å². The molecule has 0 atom stereocenters. The second-order valence-corrected chi connectivity index (χ2v) is 5.93. The average molecular weight is 364 g/mol. The topological polar surface area (TPSA) is 82.3 Å². The van der Waals surface area contributed by atoms with Crippen molar-refractivity contribution in [2.24, 2.45) is 0 Å². The highest BCUT2D eigenvalue weighted by molar-refractivity contribution is 5.50. The number of benzene rings is 1. The Morgan fingerprint density at radius 2 is 1.88 bits per heavy atom. The number of halogens is 3. The molecular weight excluding hydrogens is 349 g/mol. The van der Waals surface area contributed by atoms with Crippen molar-refractivity contribution in [1.29, 1.82) is 5.26 Å². The van der Waals surface area contributed by atoms with E-state index in [4.69, 9.17) is 5.26 Å². The molecular formula is C17H15F3N4O2. The molecule has 0 radical (unpaired) electrons. The third-order valence-electron chi connectivity index (χ3n) is 4.28. The number of hydrogen-bond acceptors (Lipinski definition) is 6. The number of anilines is 1. The Morgan fingerprint density at radius 1 is 1.19 bits per heavy atom. The first-order chi connectivity index (χ1) is 12.3. The molecule has 1 aromatic carbocycles. The van der Waals surface area contributed by atoms with E-state index >= 15 is 0 Å². The number of aliphatic hydroxyl groups is 1. The van der Waals surface area contributed by atoms with Crippen LogP contribution in [0.1, 0.15) is 24.1 Å². The zero-order valence-electron chi connectivity index (χ0n) is 13.6. The molecule has 1 fully saturated rings. The highest BCUT2D eigenvalue weighted by Gasteiger charge is 2.36. The lowest BCUT2D eigenvalue weighted by Crippen LogP contribution is -2.43. The number of aromatic nitrogens is 2. The molecule has 26 heavy (non-hydrogen) atoms. The quantitative estimate of drug-likeness (QED) is 0.902. The van der Waals surface area contributed by atoms with Gasteiger partial charge in [0.2, 0.25) is 0 Å². The summed E-state index contributed by atoms with van der Waals surface area (Å²) in [6.45, 7) is 0.766. The first-order valence-corrected chi connectivity index (χ1v) is 7.85. The van der Waals surface area contributed by atoms with E-state index in [0.29, 0.717) is 24.5 Å². The molecule has 6 nitrogen and oxygen atoms in total. The van der Waals surface area contributed by atoms with Gasteiger partial charge in [0.05, 0.1) is 5.60 Å². The molecule has 1 aliphatic rings. The molecule has 0 amide bonds. The maximum absolute atomic E-state index is 12.4. The molecule has 0 bridgehead atoms. The van der Waals surface area contributed by atoms with Crippen LogP contribution in [0.3, 0.4) is 0 Å². The normalized spacial score (nSPS) is 16.8. The number of nitrogens with zero attached hydrogens (tertiary/aromatic N) is 4. The monoisotopic (exact) mass is 364 g/mol. The highest BCUT2D eigenvalue weighted by Crippen LogP contribution is 2.36. The predicted octanol–water partition coefficient (Wildman–Crippen LogP) is 2.73. The maximum Gasteiger partial charge on any atom is 0.573 e. The van der Waals surface area contributed by atoms with Gasteiger partial charge in [-0.2, -0.15) is 5.26 Å². The Kier molecular flexibility index (Phi) is 4.70. The van der Waals surface area contributed by atoms with E-state index in [2.05, 4.69) is 14.7 Å². The van der Waals surface area contributed by atoms with Crippen molar-refractivity contribution in [3.63, 3.8) is 0 Å². The number of ether oxygens (including phenoxy) is 1. The van der Waals surface area contributed by atoms with Crippen LogP contribution in [0.5, 0.6) is 5.75 Å². The molecule has 2 aromatic rings. The Hall–Kier alpha value is -2.86. The van der Waals surface area contributed by atoms with Crippen LogP contribution in [-0.4, -0.2) is 34.5 Å². The van der Waals surface area contributed by atoms with Crippen LogP contribution in [0.15, 0.2) is 36.7 Å². The van der Waals surface area contributed by atoms with Gasteiger partial charge in [0, 0.05) is 25.5 Å². The van der Waals surface area contributed by atoms with Crippen molar-refractivity contribution < 1.29 is 23.0 Å². The number of rotatable bonds is 3. The van der Waals surface area contributed by atoms with Crippen LogP contribution in [0.2, 0.25) is 0 Å². The molecule has 0 spiro atoms. The fourth-order valence-corrected chi connectivity index (χ4v) is 3.00. The zero-order valence-corrected chi connectivity index (χ0v) is 13.6. The van der Waals surface area contributed by atoms with Crippen LogP contribution in [0.25, 0.3) is 0 Å². The lowest BCUT2D eigenvalue weighted by Gasteiger charge is -2.39. The number of piperidine rings is 1. The third-order valence-corrected chi connectivity index (χ3v) is 4.28. The largest absolute Gasteiger partial charge is 0.573 e. The second kappa shape index (κ2) is 6.80. The summed E-state index contributed by atoms with van der Waals surface area (Å²) in [6, 6.07) is 7.35. The van der Waals surface area contributed by atoms with E-state index in [1.54, 1.807) is 6.07 Å². The van der Waals surface area contributed by atoms with Gasteiger partial charge in [-0.3, -0.25) is 0 Å². The molecule has 0 unspecified atom stereocenters. The Bertz CT molecular complexity index is 827. The Labute approximate surface area is 147 Å². The maximum atomic E-state index is 12.4. The zero-order chi connectivity index (χ0) is 18.8. The van der Waals surface area contributed by atoms with Gasteiger partial charge in [-0.05, 0) is 30.5 Å². The average Bonchev–Trinajstić information content (AvgIpc) is 2.61. The minimum atomic E-state index is -4.79. The summed E-state index contributed by atoms with van der Waals surface area (Å²) in [7, 11) is 0. The minimum absolute atomic E-state index is 0.193. The van der Waals surface area contributed by atoms with Crippen molar-refractivity contribution >= 4 is 5.82 Å². The predicted molar refractivity (Wildman–Crippen MR) is 85.2 cm³/mol. The molecule has 9 heteroatoms. The molecule has 0 saturated carbocycles. The summed E-state index contributed by atoms with van der Waals surface area (Å²) < 4.78 is 41.1. The van der Waals surface area contributed by atoms with Crippen LogP contribution < -0.4 is 9.64 Å². The lowest BCUT2D eigenvalue weighted by molar-refractivity contribution is -0.274. The van der Waals surface area contributed by atoms with E-state index in [9.17, 15) is 18.3 Å². The fraction of sp³-hybridized carbons (Fsp3) is 0.353. The molecule has 1 N–H and O–H groups in total. The Balaban J connectivity index is 1.76. The van der Waals surface area contributed by atoms with E-state index < -0.39 is 12.0 Å². The molecule has 0 aliphatic carbocycles. The summed E-state index contributed by atoms with van der Waals surface area (Å²) in [4.78, 5) is 9.95. The van der Waals surface area contributed by atoms with E-state index in [-0.39, 0.29) is 24.3 Å². The van der Waals surface area contributed by atoms with Gasteiger partial charge in [0.15, 0.2) is 11.5 Å². The molecule has 3 rings (SSSR count). The first-order valence-electron chi connectivity index (χ1n) is 7.85. The van der Waals surface area contributed by atoms with Crippen molar-refractivity contribution in [1.82, 2.24) is 9.97 Å². The van der Waals surface area contributed by atoms with Gasteiger partial charge in [0.25, 0.3) is 0 Å². The Morgan fingerprint density at radius 3 is 2.54 bits per heavy atom. The second-order valence-electron chi connectivity index (χ2n) is 5.93. The third kappa shape index (κ3) is 3.86. The summed E-state index contributed by atoms with van der Waals surface area (Å²) >= 11 is 0. The van der Waals surface area contributed by atoms with Crippen LogP contribution in [0, 0.1) is 11.3 Å². The molecule has 2 heterocycles. The minimum Gasteiger partial charge on any atom is -0.406 e. The van der Waals surface area contributed by atoms with E-state index in [1.807, 2.05) is 11.0 Å². The van der Waals surface area contributed by atoms with Crippen molar-refractivity contribution in [2.75, 3.05) is 18.0 Å². The van der Waals surface area contributed by atoms with E-state index in [1.165, 1.54) is 30.6 Å². The smallest absolute Gasteiger partial charge is 0.406 e. The molecule has 1 saturated heterocycles. The summed E-state index contributed by atoms with van der Waals surface area (Å²) in [5.74, 6) is 0.0674. The van der Waals surface area contributed by atoms with Gasteiger partial charge in [-0.25, -0.2) is 9.97 Å². The molecule has 1 aliphatic heterocycles. The SMILES string of the molecule is N#Cc1nccnc1N1CCC(O)(c2cccc(OC(F)(F)F)c2)CC1. The summed E-state index contributed by atoms with van der Waals surface area (Å²) in [5, 5.41) is 20.0.